The van der Waals surface area contributed by atoms with Crippen LogP contribution in [0.3, 0.4) is 0 Å². The lowest BCUT2D eigenvalue weighted by Gasteiger charge is -2.17. The van der Waals surface area contributed by atoms with E-state index in [0.29, 0.717) is 6.08 Å². The second-order valence-electron chi connectivity index (χ2n) is 5.96. The van der Waals surface area contributed by atoms with Gasteiger partial charge in [0.1, 0.15) is 17.4 Å². The second-order valence-corrected chi connectivity index (χ2v) is 5.96. The lowest BCUT2D eigenvalue weighted by atomic mass is 10.0. The molecule has 0 spiro atoms. The lowest BCUT2D eigenvalue weighted by Crippen LogP contribution is -2.19. The minimum absolute atomic E-state index is 0.0942. The van der Waals surface area contributed by atoms with Crippen molar-refractivity contribution in [1.29, 1.82) is 5.26 Å². The summed E-state index contributed by atoms with van der Waals surface area (Å²) in [6.07, 6.45) is -9.38. The topological polar surface area (TPSA) is 110 Å². The van der Waals surface area contributed by atoms with Crippen LogP contribution in [0.15, 0.2) is 42.0 Å². The van der Waals surface area contributed by atoms with Crippen molar-refractivity contribution in [3.8, 4) is 11.8 Å². The molecule has 0 aliphatic carbocycles. The predicted molar refractivity (Wildman–Crippen MR) is 93.7 cm³/mol. The summed E-state index contributed by atoms with van der Waals surface area (Å²) in [5.41, 5.74) is -5.92. The molecule has 3 N–H and O–H groups in total. The molecule has 0 radical (unpaired) electrons. The monoisotopic (exact) mass is 444 g/mol. The smallest absolute Gasteiger partial charge is 0.418 e. The zero-order valence-corrected chi connectivity index (χ0v) is 15.0. The molecule has 0 unspecified atom stereocenters. The number of nitrogens with one attached hydrogen (secondary N) is 1. The summed E-state index contributed by atoms with van der Waals surface area (Å²) in [5, 5.41) is 29.0. The first-order valence-corrected chi connectivity index (χ1v) is 8.02. The van der Waals surface area contributed by atoms with Crippen LogP contribution < -0.4 is 5.32 Å². The number of aromatic hydroxyl groups is 1. The number of carboxylic acids is 1. The maximum atomic E-state index is 13.2. The van der Waals surface area contributed by atoms with Crippen LogP contribution in [-0.2, 0) is 17.1 Å². The molecule has 0 atom stereocenters. The minimum atomic E-state index is -5.11. The van der Waals surface area contributed by atoms with Crippen molar-refractivity contribution in [3.05, 3.63) is 64.2 Å². The second kappa shape index (κ2) is 8.39. The van der Waals surface area contributed by atoms with E-state index in [1.54, 1.807) is 5.32 Å². The van der Waals surface area contributed by atoms with E-state index in [2.05, 4.69) is 0 Å². The molecule has 6 nitrogen and oxygen atoms in total. The SMILES string of the molecule is N#CC(=Cc1ccc(O)cc1C(=O)Nc1cc(C(F)(F)F)ccc1C(F)(F)F)C(=O)O. The van der Waals surface area contributed by atoms with Crippen molar-refractivity contribution in [3.63, 3.8) is 0 Å². The number of aliphatic carboxylic acids is 1. The average molecular weight is 444 g/mol. The molecule has 0 bridgehead atoms. The summed E-state index contributed by atoms with van der Waals surface area (Å²) in [5.74, 6) is -3.59. The molecule has 1 amide bonds. The van der Waals surface area contributed by atoms with Crippen LogP contribution in [0.2, 0.25) is 0 Å². The number of nitriles is 1. The minimum Gasteiger partial charge on any atom is -0.508 e. The number of alkyl halides is 6. The molecule has 0 fully saturated rings. The first-order chi connectivity index (χ1) is 14.2. The Hall–Kier alpha value is -4.01. The Morgan fingerprint density at radius 1 is 1.00 bits per heavy atom. The Morgan fingerprint density at radius 2 is 1.65 bits per heavy atom. The third-order valence-corrected chi connectivity index (χ3v) is 3.83. The van der Waals surface area contributed by atoms with Crippen LogP contribution in [0, 0.1) is 11.3 Å². The third-order valence-electron chi connectivity index (χ3n) is 3.83. The number of carboxylic acid groups (broad SMARTS) is 1. The largest absolute Gasteiger partial charge is 0.508 e. The Labute approximate surface area is 169 Å². The molecule has 0 saturated heterocycles. The fourth-order valence-electron chi connectivity index (χ4n) is 2.42. The number of nitrogens with zero attached hydrogens (tertiary/aromatic N) is 1. The van der Waals surface area contributed by atoms with E-state index in [-0.39, 0.29) is 23.8 Å². The van der Waals surface area contributed by atoms with Gasteiger partial charge in [0.05, 0.1) is 22.4 Å². The number of hydrogen-bond acceptors (Lipinski definition) is 4. The van der Waals surface area contributed by atoms with E-state index in [1.165, 1.54) is 6.07 Å². The van der Waals surface area contributed by atoms with Gasteiger partial charge in [-0.05, 0) is 42.0 Å². The molecule has 2 rings (SSSR count). The van der Waals surface area contributed by atoms with Gasteiger partial charge in [0, 0.05) is 0 Å². The summed E-state index contributed by atoms with van der Waals surface area (Å²) < 4.78 is 78.3. The van der Waals surface area contributed by atoms with Crippen molar-refractivity contribution < 1.29 is 46.1 Å². The molecule has 31 heavy (non-hydrogen) atoms. The number of benzene rings is 2. The van der Waals surface area contributed by atoms with Gasteiger partial charge < -0.3 is 15.5 Å². The van der Waals surface area contributed by atoms with E-state index in [0.717, 1.165) is 18.2 Å². The van der Waals surface area contributed by atoms with E-state index in [9.17, 15) is 41.0 Å². The van der Waals surface area contributed by atoms with Crippen LogP contribution in [0.5, 0.6) is 5.75 Å². The van der Waals surface area contributed by atoms with Crippen LogP contribution in [0.1, 0.15) is 27.0 Å². The standard InChI is InChI=1S/C19H10F6N2O4/c20-18(21,22)11-2-4-14(19(23,24)25)15(6-11)27-16(29)13-7-12(28)3-1-9(13)5-10(8-26)17(30)31/h1-7,28H,(H,27,29)(H,30,31). The van der Waals surface area contributed by atoms with Crippen molar-refractivity contribution in [2.45, 2.75) is 12.4 Å². The molecule has 0 aromatic heterocycles. The zero-order valence-electron chi connectivity index (χ0n) is 15.0. The number of amides is 1. The summed E-state index contributed by atoms with van der Waals surface area (Å²) in [7, 11) is 0. The molecule has 162 valence electrons. The molecule has 0 heterocycles. The Balaban J connectivity index is 2.59. The first-order valence-electron chi connectivity index (χ1n) is 8.02. The van der Waals surface area contributed by atoms with Gasteiger partial charge in [-0.3, -0.25) is 4.79 Å². The molecule has 0 aliphatic rings. The number of hydrogen-bond donors (Lipinski definition) is 3. The summed E-state index contributed by atoms with van der Waals surface area (Å²) >= 11 is 0. The molecular formula is C19H10F6N2O4. The van der Waals surface area contributed by atoms with E-state index < -0.39 is 57.9 Å². The number of phenols is 1. The number of anilines is 1. The van der Waals surface area contributed by atoms with Crippen molar-refractivity contribution in [1.82, 2.24) is 0 Å². The van der Waals surface area contributed by atoms with Gasteiger partial charge in [0.25, 0.3) is 5.91 Å². The van der Waals surface area contributed by atoms with E-state index >= 15 is 0 Å². The fourth-order valence-corrected chi connectivity index (χ4v) is 2.42. The first kappa shape index (κ1) is 23.3. The number of carbonyl (C=O) groups excluding carboxylic acids is 1. The number of halogens is 6. The zero-order chi connectivity index (χ0) is 23.6. The molecule has 2 aromatic rings. The highest BCUT2D eigenvalue weighted by Crippen LogP contribution is 2.39. The van der Waals surface area contributed by atoms with Crippen molar-refractivity contribution in [2.75, 3.05) is 5.32 Å². The average Bonchev–Trinajstić information content (AvgIpc) is 2.64. The Kier molecular flexibility index (Phi) is 6.30. The van der Waals surface area contributed by atoms with Crippen LogP contribution >= 0.6 is 0 Å². The number of rotatable bonds is 4. The van der Waals surface area contributed by atoms with Gasteiger partial charge in [0.2, 0.25) is 0 Å². The van der Waals surface area contributed by atoms with Gasteiger partial charge in [-0.15, -0.1) is 0 Å². The van der Waals surface area contributed by atoms with Gasteiger partial charge in [-0.25, -0.2) is 4.79 Å². The van der Waals surface area contributed by atoms with Crippen LogP contribution in [-0.4, -0.2) is 22.1 Å². The van der Waals surface area contributed by atoms with E-state index in [1.807, 2.05) is 0 Å². The van der Waals surface area contributed by atoms with Gasteiger partial charge in [0.15, 0.2) is 0 Å². The van der Waals surface area contributed by atoms with Gasteiger partial charge in [-0.2, -0.15) is 31.6 Å². The number of carbonyl (C=O) groups is 2. The van der Waals surface area contributed by atoms with Crippen molar-refractivity contribution >= 4 is 23.6 Å². The lowest BCUT2D eigenvalue weighted by molar-refractivity contribution is -0.140. The maximum Gasteiger partial charge on any atom is 0.418 e. The third kappa shape index (κ3) is 5.53. The van der Waals surface area contributed by atoms with Crippen LogP contribution in [0.4, 0.5) is 32.0 Å². The van der Waals surface area contributed by atoms with E-state index in [4.69, 9.17) is 10.4 Å². The summed E-state index contributed by atoms with van der Waals surface area (Å²) in [6.45, 7) is 0. The predicted octanol–water partition coefficient (Wildman–Crippen LogP) is 4.67. The number of phenolic OH excluding ortho intramolecular Hbond substituents is 1. The maximum absolute atomic E-state index is 13.2. The van der Waals surface area contributed by atoms with Crippen molar-refractivity contribution in [2.24, 2.45) is 0 Å². The highest BCUT2D eigenvalue weighted by atomic mass is 19.4. The molecule has 0 saturated carbocycles. The normalized spacial score (nSPS) is 12.2. The van der Waals surface area contributed by atoms with Crippen LogP contribution in [0.25, 0.3) is 6.08 Å². The van der Waals surface area contributed by atoms with Gasteiger partial charge >= 0.3 is 18.3 Å². The quantitative estimate of drug-likeness (QED) is 0.361. The highest BCUT2D eigenvalue weighted by molar-refractivity contribution is 6.08. The molecule has 12 heteroatoms. The molecular weight excluding hydrogens is 434 g/mol. The highest BCUT2D eigenvalue weighted by Gasteiger charge is 2.37. The summed E-state index contributed by atoms with van der Waals surface area (Å²) in [4.78, 5) is 23.5. The van der Waals surface area contributed by atoms with Gasteiger partial charge in [-0.1, -0.05) is 6.07 Å². The Morgan fingerprint density at radius 3 is 2.16 bits per heavy atom. The summed E-state index contributed by atoms with van der Waals surface area (Å²) in [6, 6.07) is 4.53. The molecule has 0 aliphatic heterocycles. The fraction of sp³-hybridized carbons (Fsp3) is 0.105. The Bertz CT molecular complexity index is 1110. The molecule has 2 aromatic carbocycles.